The highest BCUT2D eigenvalue weighted by atomic mass is 16.6. The average Bonchev–Trinajstić information content (AvgIpc) is 4.16. The van der Waals surface area contributed by atoms with Crippen LogP contribution in [0.15, 0.2) is 97.1 Å². The number of rotatable bonds is 25. The van der Waals surface area contributed by atoms with Crippen LogP contribution in [-0.2, 0) is 25.0 Å². The van der Waals surface area contributed by atoms with E-state index in [0.29, 0.717) is 31.3 Å². The van der Waals surface area contributed by atoms with Gasteiger partial charge in [-0.1, -0.05) is 76.2 Å². The summed E-state index contributed by atoms with van der Waals surface area (Å²) in [6.45, 7) is 12.7. The number of aliphatic hydroxyl groups excluding tert-OH is 2. The van der Waals surface area contributed by atoms with Crippen molar-refractivity contribution in [3.05, 3.63) is 119 Å². The molecule has 1 heterocycles. The van der Waals surface area contributed by atoms with Gasteiger partial charge >= 0.3 is 0 Å². The maximum Gasteiger partial charge on any atom is 0.119 e. The van der Waals surface area contributed by atoms with Crippen LogP contribution in [0.3, 0.4) is 0 Å². The molecule has 302 valence electrons. The molecule has 9 heteroatoms. The van der Waals surface area contributed by atoms with Gasteiger partial charge in [0.15, 0.2) is 0 Å². The van der Waals surface area contributed by atoms with Crippen molar-refractivity contribution in [3.8, 4) is 23.0 Å². The normalized spacial score (nSPS) is 16.6. The summed E-state index contributed by atoms with van der Waals surface area (Å²) < 4.78 is 39.9. The fourth-order valence-electron chi connectivity index (χ4n) is 6.38. The number of hydrogen-bond donors (Lipinski definition) is 2. The second-order valence-electron chi connectivity index (χ2n) is 16.2. The second kappa shape index (κ2) is 19.8. The lowest BCUT2D eigenvalue weighted by Crippen LogP contribution is -2.24. The van der Waals surface area contributed by atoms with Crippen LogP contribution in [0.4, 0.5) is 0 Å². The van der Waals surface area contributed by atoms with Gasteiger partial charge in [-0.05, 0) is 102 Å². The third-order valence-electron chi connectivity index (χ3n) is 10.7. The lowest BCUT2D eigenvalue weighted by molar-refractivity contribution is 0.000263. The standard InChI is InChI=1S/C47H60O9/c1-46(2,35-9-17-41(18-10-35)52-27-34-7-8-34)36-11-19-42(20-12-36)53-30-39(48)28-50-25-5-6-26-51-29-40(49)31-54-43-21-13-37(14-22-43)47(3,4)38-15-23-44(24-16-38)55-32-45-33-56-45/h9-24,34,39-40,45,48-49H,5-8,25-33H2,1-4H3. The van der Waals surface area contributed by atoms with Crippen LogP contribution in [0.2, 0.25) is 0 Å². The molecule has 4 aromatic rings. The Balaban J connectivity index is 0.785. The van der Waals surface area contributed by atoms with Crippen LogP contribution in [0, 0.1) is 5.92 Å². The van der Waals surface area contributed by atoms with E-state index in [9.17, 15) is 10.2 Å². The third kappa shape index (κ3) is 12.7. The molecule has 1 aliphatic heterocycles. The minimum absolute atomic E-state index is 0.145. The second-order valence-corrected chi connectivity index (χ2v) is 16.2. The van der Waals surface area contributed by atoms with Crippen LogP contribution in [-0.4, -0.2) is 88.0 Å². The molecule has 0 aromatic heterocycles. The molecule has 2 fully saturated rings. The van der Waals surface area contributed by atoms with Gasteiger partial charge in [0.2, 0.25) is 0 Å². The third-order valence-corrected chi connectivity index (χ3v) is 10.7. The van der Waals surface area contributed by atoms with E-state index in [4.69, 9.17) is 33.2 Å². The highest BCUT2D eigenvalue weighted by molar-refractivity contribution is 5.43. The van der Waals surface area contributed by atoms with Crippen LogP contribution in [0.1, 0.15) is 75.6 Å². The Hall–Kier alpha value is -4.12. The van der Waals surface area contributed by atoms with E-state index in [-0.39, 0.29) is 43.4 Å². The summed E-state index contributed by atoms with van der Waals surface area (Å²) in [5.41, 5.74) is 4.37. The number of hydrogen-bond acceptors (Lipinski definition) is 9. The quantitative estimate of drug-likeness (QED) is 0.0514. The van der Waals surface area contributed by atoms with E-state index in [1.165, 1.54) is 29.5 Å². The SMILES string of the molecule is CC(C)(c1ccc(OCC(O)COCCCCOCC(O)COc2ccc(C(C)(C)c3ccc(OCC4CO4)cc3)cc2)cc1)c1ccc(OCC2CC2)cc1. The van der Waals surface area contributed by atoms with E-state index in [2.05, 4.69) is 88.4 Å². The van der Waals surface area contributed by atoms with Gasteiger partial charge in [-0.25, -0.2) is 0 Å². The molecular weight excluding hydrogens is 709 g/mol. The minimum Gasteiger partial charge on any atom is -0.493 e. The van der Waals surface area contributed by atoms with Gasteiger partial charge in [0.1, 0.15) is 61.1 Å². The van der Waals surface area contributed by atoms with Crippen LogP contribution in [0.5, 0.6) is 23.0 Å². The van der Waals surface area contributed by atoms with Gasteiger partial charge in [0.05, 0.1) is 26.4 Å². The molecule has 2 aliphatic rings. The number of epoxide rings is 1. The van der Waals surface area contributed by atoms with E-state index in [1.807, 2.05) is 36.4 Å². The highest BCUT2D eigenvalue weighted by Crippen LogP contribution is 2.35. The first kappa shape index (κ1) is 41.5. The minimum atomic E-state index is -0.735. The molecule has 0 amide bonds. The highest BCUT2D eigenvalue weighted by Gasteiger charge is 2.26. The molecule has 56 heavy (non-hydrogen) atoms. The number of unbranched alkanes of at least 4 members (excludes halogenated alkanes) is 1. The van der Waals surface area contributed by atoms with E-state index in [0.717, 1.165) is 49.0 Å². The molecule has 1 aliphatic carbocycles. The van der Waals surface area contributed by atoms with Crippen molar-refractivity contribution in [3.63, 3.8) is 0 Å². The van der Waals surface area contributed by atoms with Crippen LogP contribution in [0.25, 0.3) is 0 Å². The summed E-state index contributed by atoms with van der Waals surface area (Å²) in [5.74, 6) is 3.91. The maximum atomic E-state index is 10.4. The van der Waals surface area contributed by atoms with Crippen molar-refractivity contribution in [1.29, 1.82) is 0 Å². The fourth-order valence-corrected chi connectivity index (χ4v) is 6.38. The molecule has 2 N–H and O–H groups in total. The van der Waals surface area contributed by atoms with Crippen LogP contribution < -0.4 is 18.9 Å². The van der Waals surface area contributed by atoms with E-state index >= 15 is 0 Å². The van der Waals surface area contributed by atoms with E-state index < -0.39 is 12.2 Å². The lowest BCUT2D eigenvalue weighted by atomic mass is 9.78. The van der Waals surface area contributed by atoms with Crippen molar-refractivity contribution >= 4 is 0 Å². The monoisotopic (exact) mass is 768 g/mol. The smallest absolute Gasteiger partial charge is 0.119 e. The van der Waals surface area contributed by atoms with Gasteiger partial charge in [-0.3, -0.25) is 0 Å². The molecule has 4 aromatic carbocycles. The molecular formula is C47H60O9. The molecule has 3 unspecified atom stereocenters. The largest absolute Gasteiger partial charge is 0.493 e. The summed E-state index contributed by atoms with van der Waals surface area (Å²) >= 11 is 0. The van der Waals surface area contributed by atoms with Crippen molar-refractivity contribution in [2.45, 2.75) is 82.5 Å². The summed E-state index contributed by atoms with van der Waals surface area (Å²) in [7, 11) is 0. The zero-order chi connectivity index (χ0) is 39.4. The van der Waals surface area contributed by atoms with Crippen molar-refractivity contribution in [2.75, 3.05) is 59.5 Å². The Bertz CT molecular complexity index is 1600. The Labute approximate surface area is 332 Å². The van der Waals surface area contributed by atoms with Gasteiger partial charge in [-0.15, -0.1) is 0 Å². The molecule has 1 saturated heterocycles. The van der Waals surface area contributed by atoms with Gasteiger partial charge < -0.3 is 43.4 Å². The molecule has 6 rings (SSSR count). The first-order chi connectivity index (χ1) is 27.1. The molecule has 0 radical (unpaired) electrons. The van der Waals surface area contributed by atoms with Crippen molar-refractivity contribution < 1.29 is 43.4 Å². The Morgan fingerprint density at radius 2 is 0.857 bits per heavy atom. The first-order valence-electron chi connectivity index (χ1n) is 20.1. The molecule has 1 saturated carbocycles. The molecule has 0 spiro atoms. The molecule has 3 atom stereocenters. The number of ether oxygens (including phenoxy) is 7. The van der Waals surface area contributed by atoms with Gasteiger partial charge in [0, 0.05) is 24.0 Å². The van der Waals surface area contributed by atoms with Gasteiger partial charge in [0.25, 0.3) is 0 Å². The maximum absolute atomic E-state index is 10.4. The summed E-state index contributed by atoms with van der Waals surface area (Å²) in [6, 6.07) is 32.7. The zero-order valence-electron chi connectivity index (χ0n) is 33.5. The topological polar surface area (TPSA) is 108 Å². The molecule has 9 nitrogen and oxygen atoms in total. The van der Waals surface area contributed by atoms with Crippen molar-refractivity contribution in [2.24, 2.45) is 5.92 Å². The van der Waals surface area contributed by atoms with Crippen LogP contribution >= 0.6 is 0 Å². The summed E-state index contributed by atoms with van der Waals surface area (Å²) in [4.78, 5) is 0. The van der Waals surface area contributed by atoms with E-state index in [1.54, 1.807) is 0 Å². The Kier molecular flexibility index (Phi) is 14.7. The number of benzene rings is 4. The van der Waals surface area contributed by atoms with Crippen molar-refractivity contribution in [1.82, 2.24) is 0 Å². The zero-order valence-corrected chi connectivity index (χ0v) is 33.5. The predicted molar refractivity (Wildman–Crippen MR) is 217 cm³/mol. The first-order valence-corrected chi connectivity index (χ1v) is 20.1. The summed E-state index contributed by atoms with van der Waals surface area (Å²) in [6.07, 6.45) is 2.90. The Morgan fingerprint density at radius 3 is 1.20 bits per heavy atom. The predicted octanol–water partition coefficient (Wildman–Crippen LogP) is 7.90. The fraction of sp³-hybridized carbons (Fsp3) is 0.489. The Morgan fingerprint density at radius 1 is 0.518 bits per heavy atom. The van der Waals surface area contributed by atoms with Gasteiger partial charge in [-0.2, -0.15) is 0 Å². The molecule has 0 bridgehead atoms. The summed E-state index contributed by atoms with van der Waals surface area (Å²) in [5, 5.41) is 20.7. The number of aliphatic hydroxyl groups is 2. The lowest BCUT2D eigenvalue weighted by Gasteiger charge is -2.26. The average molecular weight is 769 g/mol.